The van der Waals surface area contributed by atoms with Crippen LogP contribution in [0.5, 0.6) is 11.5 Å². The molecule has 5 heteroatoms. The molecule has 25 heavy (non-hydrogen) atoms. The lowest BCUT2D eigenvalue weighted by molar-refractivity contribution is -0.118. The third-order valence-electron chi connectivity index (χ3n) is 3.63. The van der Waals surface area contributed by atoms with Gasteiger partial charge in [-0.1, -0.05) is 24.3 Å². The third-order valence-corrected chi connectivity index (χ3v) is 3.63. The minimum absolute atomic E-state index is 0.0983. The van der Waals surface area contributed by atoms with Gasteiger partial charge in [0.1, 0.15) is 0 Å². The smallest absolute Gasteiger partial charge is 0.262 e. The van der Waals surface area contributed by atoms with Crippen LogP contribution < -0.4 is 19.7 Å². The fraction of sp³-hybridized carbons (Fsp3) is 0.250. The van der Waals surface area contributed by atoms with Crippen LogP contribution >= 0.6 is 0 Å². The molecule has 0 aromatic heterocycles. The van der Waals surface area contributed by atoms with Gasteiger partial charge in [-0.2, -0.15) is 0 Å². The summed E-state index contributed by atoms with van der Waals surface area (Å²) in [6.07, 6.45) is 2.57. The van der Waals surface area contributed by atoms with Gasteiger partial charge < -0.3 is 19.7 Å². The van der Waals surface area contributed by atoms with Crippen LogP contribution in [-0.4, -0.2) is 33.7 Å². The second kappa shape index (κ2) is 8.78. The molecule has 0 radical (unpaired) electrons. The average Bonchev–Trinajstić information content (AvgIpc) is 2.61. The Kier molecular flexibility index (Phi) is 6.46. The number of anilines is 2. The lowest BCUT2D eigenvalue weighted by atomic mass is 10.1. The quantitative estimate of drug-likeness (QED) is 0.747. The molecule has 0 atom stereocenters. The highest BCUT2D eigenvalue weighted by Gasteiger charge is 2.11. The zero-order valence-electron chi connectivity index (χ0n) is 14.9. The zero-order valence-corrected chi connectivity index (χ0v) is 14.9. The van der Waals surface area contributed by atoms with Gasteiger partial charge in [0.05, 0.1) is 18.5 Å². The Morgan fingerprint density at radius 1 is 1.20 bits per heavy atom. The van der Waals surface area contributed by atoms with Gasteiger partial charge >= 0.3 is 0 Å². The van der Waals surface area contributed by atoms with Crippen molar-refractivity contribution in [2.45, 2.75) is 6.42 Å². The number of allylic oxidation sites excluding steroid dienone is 1. The van der Waals surface area contributed by atoms with Crippen LogP contribution in [-0.2, 0) is 11.2 Å². The Morgan fingerprint density at radius 2 is 1.96 bits per heavy atom. The van der Waals surface area contributed by atoms with Crippen molar-refractivity contribution in [3.05, 3.63) is 60.7 Å². The zero-order chi connectivity index (χ0) is 18.2. The van der Waals surface area contributed by atoms with Gasteiger partial charge in [-0.3, -0.25) is 4.79 Å². The summed E-state index contributed by atoms with van der Waals surface area (Å²) in [4.78, 5) is 14.2. The van der Waals surface area contributed by atoms with Gasteiger partial charge in [-0.05, 0) is 36.2 Å². The van der Waals surface area contributed by atoms with Crippen molar-refractivity contribution in [2.75, 3.05) is 38.0 Å². The highest BCUT2D eigenvalue weighted by atomic mass is 16.5. The van der Waals surface area contributed by atoms with Crippen molar-refractivity contribution in [1.29, 1.82) is 0 Å². The number of nitrogens with one attached hydrogen (secondary N) is 1. The van der Waals surface area contributed by atoms with E-state index in [1.807, 2.05) is 61.5 Å². The lowest BCUT2D eigenvalue weighted by Crippen LogP contribution is -2.22. The largest absolute Gasteiger partial charge is 0.493 e. The summed E-state index contributed by atoms with van der Waals surface area (Å²) in [5.41, 5.74) is 2.75. The molecule has 1 N–H and O–H groups in total. The summed E-state index contributed by atoms with van der Waals surface area (Å²) < 4.78 is 11.0. The second-order valence-electron chi connectivity index (χ2n) is 5.73. The summed E-state index contributed by atoms with van der Waals surface area (Å²) in [5.74, 6) is 0.902. The van der Waals surface area contributed by atoms with Crippen LogP contribution in [0.4, 0.5) is 11.4 Å². The number of rotatable bonds is 8. The van der Waals surface area contributed by atoms with E-state index >= 15 is 0 Å². The lowest BCUT2D eigenvalue weighted by Gasteiger charge is -2.18. The molecule has 5 nitrogen and oxygen atoms in total. The Bertz CT molecular complexity index is 741. The van der Waals surface area contributed by atoms with Crippen LogP contribution in [0.15, 0.2) is 55.1 Å². The molecule has 0 unspecified atom stereocenters. The van der Waals surface area contributed by atoms with E-state index in [0.717, 1.165) is 23.4 Å². The van der Waals surface area contributed by atoms with Crippen molar-refractivity contribution < 1.29 is 14.3 Å². The molecule has 0 aliphatic carbocycles. The van der Waals surface area contributed by atoms with Gasteiger partial charge in [-0.25, -0.2) is 0 Å². The number of benzene rings is 2. The molecule has 2 rings (SSSR count). The number of carbonyl (C=O) groups is 1. The first-order valence-corrected chi connectivity index (χ1v) is 8.02. The fourth-order valence-corrected chi connectivity index (χ4v) is 2.42. The van der Waals surface area contributed by atoms with E-state index in [0.29, 0.717) is 11.5 Å². The molecule has 0 saturated carbocycles. The fourth-order valence-electron chi connectivity index (χ4n) is 2.42. The van der Waals surface area contributed by atoms with Gasteiger partial charge in [0, 0.05) is 14.1 Å². The van der Waals surface area contributed by atoms with Crippen LogP contribution in [0.2, 0.25) is 0 Å². The standard InChI is InChI=1S/C20H24N2O3/c1-5-8-15-11-12-18(19(13-15)24-4)25-14-20(23)21-16-9-6-7-10-17(16)22(2)3/h5-7,9-13H,1,8,14H2,2-4H3,(H,21,23). The normalized spacial score (nSPS) is 10.0. The molecule has 0 spiro atoms. The topological polar surface area (TPSA) is 50.8 Å². The molecular formula is C20H24N2O3. The first-order chi connectivity index (χ1) is 12.0. The first kappa shape index (κ1) is 18.4. The van der Waals surface area contributed by atoms with E-state index < -0.39 is 0 Å². The second-order valence-corrected chi connectivity index (χ2v) is 5.73. The Labute approximate surface area is 148 Å². The van der Waals surface area contributed by atoms with Crippen molar-refractivity contribution in [2.24, 2.45) is 0 Å². The highest BCUT2D eigenvalue weighted by molar-refractivity contribution is 5.95. The van der Waals surface area contributed by atoms with Crippen LogP contribution in [0, 0.1) is 0 Å². The summed E-state index contributed by atoms with van der Waals surface area (Å²) in [7, 11) is 5.43. The van der Waals surface area contributed by atoms with E-state index in [2.05, 4.69) is 11.9 Å². The summed E-state index contributed by atoms with van der Waals surface area (Å²) in [6.45, 7) is 3.63. The molecule has 0 bridgehead atoms. The molecule has 132 valence electrons. The maximum absolute atomic E-state index is 12.2. The van der Waals surface area contributed by atoms with Crippen molar-refractivity contribution in [3.8, 4) is 11.5 Å². The van der Waals surface area contributed by atoms with E-state index in [1.165, 1.54) is 0 Å². The molecule has 0 aliphatic rings. The molecule has 0 heterocycles. The molecule has 2 aromatic rings. The van der Waals surface area contributed by atoms with Crippen molar-refractivity contribution in [3.63, 3.8) is 0 Å². The van der Waals surface area contributed by atoms with E-state index in [4.69, 9.17) is 9.47 Å². The van der Waals surface area contributed by atoms with Gasteiger partial charge in [-0.15, -0.1) is 6.58 Å². The Morgan fingerprint density at radius 3 is 2.64 bits per heavy atom. The molecule has 0 aliphatic heterocycles. The maximum Gasteiger partial charge on any atom is 0.262 e. The first-order valence-electron chi connectivity index (χ1n) is 8.02. The number of nitrogens with zero attached hydrogens (tertiary/aromatic N) is 1. The number of ether oxygens (including phenoxy) is 2. The van der Waals surface area contributed by atoms with Gasteiger partial charge in [0.2, 0.25) is 0 Å². The van der Waals surface area contributed by atoms with Gasteiger partial charge in [0.25, 0.3) is 5.91 Å². The summed E-state index contributed by atoms with van der Waals surface area (Å²) in [5, 5.41) is 2.87. The maximum atomic E-state index is 12.2. The predicted molar refractivity (Wildman–Crippen MR) is 102 cm³/mol. The monoisotopic (exact) mass is 340 g/mol. The third kappa shape index (κ3) is 5.01. The summed E-state index contributed by atoms with van der Waals surface area (Å²) >= 11 is 0. The van der Waals surface area contributed by atoms with E-state index in [-0.39, 0.29) is 12.5 Å². The molecular weight excluding hydrogens is 316 g/mol. The van der Waals surface area contributed by atoms with Crippen molar-refractivity contribution in [1.82, 2.24) is 0 Å². The van der Waals surface area contributed by atoms with E-state index in [1.54, 1.807) is 13.2 Å². The molecule has 0 saturated heterocycles. The average molecular weight is 340 g/mol. The van der Waals surface area contributed by atoms with Crippen LogP contribution in [0.3, 0.4) is 0 Å². The van der Waals surface area contributed by atoms with E-state index in [9.17, 15) is 4.79 Å². The minimum atomic E-state index is -0.230. The Hall–Kier alpha value is -2.95. The van der Waals surface area contributed by atoms with Crippen LogP contribution in [0.25, 0.3) is 0 Å². The number of methoxy groups -OCH3 is 1. The number of carbonyl (C=O) groups excluding carboxylic acids is 1. The van der Waals surface area contributed by atoms with Crippen molar-refractivity contribution >= 4 is 17.3 Å². The van der Waals surface area contributed by atoms with Crippen LogP contribution in [0.1, 0.15) is 5.56 Å². The SMILES string of the molecule is C=CCc1ccc(OCC(=O)Nc2ccccc2N(C)C)c(OC)c1. The Balaban J connectivity index is 2.02. The molecule has 0 fully saturated rings. The predicted octanol–water partition coefficient (Wildman–Crippen LogP) is 3.51. The number of hydrogen-bond acceptors (Lipinski definition) is 4. The number of amides is 1. The molecule has 1 amide bonds. The number of para-hydroxylation sites is 2. The summed E-state index contributed by atoms with van der Waals surface area (Å²) in [6, 6.07) is 13.2. The molecule has 2 aromatic carbocycles. The van der Waals surface area contributed by atoms with Gasteiger partial charge in [0.15, 0.2) is 18.1 Å². The highest BCUT2D eigenvalue weighted by Crippen LogP contribution is 2.28. The number of hydrogen-bond donors (Lipinski definition) is 1. The minimum Gasteiger partial charge on any atom is -0.493 e.